The van der Waals surface area contributed by atoms with Crippen LogP contribution in [0.5, 0.6) is 0 Å². The van der Waals surface area contributed by atoms with Crippen LogP contribution in [0.15, 0.2) is 0 Å². The molecule has 5 N–H and O–H groups in total. The molecule has 23 heavy (non-hydrogen) atoms. The van der Waals surface area contributed by atoms with Gasteiger partial charge in [-0.2, -0.15) is 16.8 Å². The molecule has 0 saturated carbocycles. The van der Waals surface area contributed by atoms with E-state index in [1.165, 1.54) is 13.8 Å². The first-order valence-electron chi connectivity index (χ1n) is 6.32. The van der Waals surface area contributed by atoms with Crippen LogP contribution < -0.4 is 10.3 Å². The number of ether oxygens (including phenoxy) is 3. The second-order valence-corrected chi connectivity index (χ2v) is 7.86. The SMILES string of the molecule is CC1(C)O[C@H]2[C@H](OS(N)(=O)=O)[C@H](OS(N)(=O)=O)CO[C@@]2(CO)O1. The molecule has 2 aliphatic rings. The van der Waals surface area contributed by atoms with Gasteiger partial charge in [0.15, 0.2) is 5.79 Å². The van der Waals surface area contributed by atoms with Crippen molar-refractivity contribution in [3.05, 3.63) is 0 Å². The molecule has 0 aromatic carbocycles. The van der Waals surface area contributed by atoms with Crippen LogP contribution in [0.2, 0.25) is 0 Å². The monoisotopic (exact) mass is 378 g/mol. The molecule has 12 nitrogen and oxygen atoms in total. The summed E-state index contributed by atoms with van der Waals surface area (Å²) >= 11 is 0. The number of nitrogens with two attached hydrogens (primary N) is 2. The zero-order chi connectivity index (χ0) is 17.7. The highest BCUT2D eigenvalue weighted by Gasteiger charge is 2.63. The first-order valence-corrected chi connectivity index (χ1v) is 9.26. The second kappa shape index (κ2) is 5.83. The predicted molar refractivity (Wildman–Crippen MR) is 71.8 cm³/mol. The Hall–Kier alpha value is -0.420. The summed E-state index contributed by atoms with van der Waals surface area (Å²) < 4.78 is 70.3. The molecule has 0 amide bonds. The standard InChI is InChI=1S/C9H18N2O10S2/c1-8(2)18-7-6(20-23(11,15)16)5(19-22(10,13)14)3-17-9(7,4-12)21-8/h5-7,12H,3-4H2,1-2H3,(H2,10,13,14)(H2,11,15,16)/t5-,6-,7+,9+/m1/s1. The van der Waals surface area contributed by atoms with Crippen molar-refractivity contribution in [1.82, 2.24) is 0 Å². The Morgan fingerprint density at radius 3 is 2.22 bits per heavy atom. The molecule has 0 bridgehead atoms. The van der Waals surface area contributed by atoms with Gasteiger partial charge in [0, 0.05) is 0 Å². The highest BCUT2D eigenvalue weighted by Crippen LogP contribution is 2.43. The van der Waals surface area contributed by atoms with Gasteiger partial charge in [-0.15, -0.1) is 0 Å². The second-order valence-electron chi connectivity index (χ2n) is 5.50. The van der Waals surface area contributed by atoms with Crippen molar-refractivity contribution in [3.63, 3.8) is 0 Å². The molecule has 0 spiro atoms. The Bertz CT molecular complexity index is 662. The van der Waals surface area contributed by atoms with Crippen LogP contribution in [-0.4, -0.2) is 65.0 Å². The number of fused-ring (bicyclic) bond motifs is 1. The minimum absolute atomic E-state index is 0.507. The van der Waals surface area contributed by atoms with Crippen molar-refractivity contribution in [1.29, 1.82) is 0 Å². The lowest BCUT2D eigenvalue weighted by atomic mass is 9.98. The molecule has 2 fully saturated rings. The molecule has 0 unspecified atom stereocenters. The summed E-state index contributed by atoms with van der Waals surface area (Å²) in [7, 11) is -8.96. The summed E-state index contributed by atoms with van der Waals surface area (Å²) in [4.78, 5) is 0. The highest BCUT2D eigenvalue weighted by atomic mass is 32.2. The number of rotatable bonds is 5. The molecule has 0 aromatic rings. The van der Waals surface area contributed by atoms with Crippen LogP contribution in [0.3, 0.4) is 0 Å². The van der Waals surface area contributed by atoms with E-state index in [1.54, 1.807) is 0 Å². The van der Waals surface area contributed by atoms with Crippen LogP contribution in [0, 0.1) is 0 Å². The summed E-state index contributed by atoms with van der Waals surface area (Å²) in [6, 6.07) is 0. The number of aliphatic hydroxyl groups excluding tert-OH is 1. The smallest absolute Gasteiger partial charge is 0.333 e. The predicted octanol–water partition coefficient (Wildman–Crippen LogP) is -2.97. The van der Waals surface area contributed by atoms with E-state index >= 15 is 0 Å². The molecule has 2 saturated heterocycles. The maximum atomic E-state index is 11.3. The first-order chi connectivity index (χ1) is 10.3. The van der Waals surface area contributed by atoms with Crippen LogP contribution in [0.1, 0.15) is 13.8 Å². The molecule has 0 radical (unpaired) electrons. The van der Waals surface area contributed by atoms with Crippen molar-refractivity contribution < 1.29 is 44.5 Å². The van der Waals surface area contributed by atoms with Crippen molar-refractivity contribution in [2.45, 2.75) is 43.7 Å². The van der Waals surface area contributed by atoms with Crippen LogP contribution in [-0.2, 0) is 43.2 Å². The van der Waals surface area contributed by atoms with Gasteiger partial charge < -0.3 is 19.3 Å². The van der Waals surface area contributed by atoms with E-state index in [4.69, 9.17) is 24.5 Å². The minimum atomic E-state index is -4.51. The fourth-order valence-corrected chi connectivity index (χ4v) is 3.57. The van der Waals surface area contributed by atoms with Crippen molar-refractivity contribution in [2.75, 3.05) is 13.2 Å². The Balaban J connectivity index is 2.40. The van der Waals surface area contributed by atoms with Crippen molar-refractivity contribution in [3.8, 4) is 0 Å². The number of hydrogen-bond donors (Lipinski definition) is 3. The number of hydrogen-bond acceptors (Lipinski definition) is 10. The summed E-state index contributed by atoms with van der Waals surface area (Å²) in [5.41, 5.74) is 0. The van der Waals surface area contributed by atoms with Gasteiger partial charge >= 0.3 is 20.6 Å². The van der Waals surface area contributed by atoms with Gasteiger partial charge in [0.05, 0.1) is 6.61 Å². The summed E-state index contributed by atoms with van der Waals surface area (Å²) in [5.74, 6) is -3.04. The third-order valence-corrected chi connectivity index (χ3v) is 4.15. The fraction of sp³-hybridized carbons (Fsp3) is 1.00. The quantitative estimate of drug-likeness (QED) is 0.446. The lowest BCUT2D eigenvalue weighted by molar-refractivity contribution is -0.299. The molecular weight excluding hydrogens is 360 g/mol. The van der Waals surface area contributed by atoms with E-state index in [0.717, 1.165) is 0 Å². The normalized spacial score (nSPS) is 37.5. The molecule has 136 valence electrons. The average Bonchev–Trinajstić information content (AvgIpc) is 2.61. The third-order valence-electron chi connectivity index (χ3n) is 3.14. The van der Waals surface area contributed by atoms with Gasteiger partial charge in [-0.25, -0.2) is 18.6 Å². The fourth-order valence-electron chi connectivity index (χ4n) is 2.53. The van der Waals surface area contributed by atoms with E-state index in [1.807, 2.05) is 0 Å². The van der Waals surface area contributed by atoms with Crippen LogP contribution in [0.25, 0.3) is 0 Å². The molecule has 0 aromatic heterocycles. The molecule has 2 aliphatic heterocycles. The van der Waals surface area contributed by atoms with Gasteiger partial charge in [-0.3, -0.25) is 0 Å². The van der Waals surface area contributed by atoms with Gasteiger partial charge in [0.1, 0.15) is 24.9 Å². The van der Waals surface area contributed by atoms with Gasteiger partial charge in [-0.1, -0.05) is 0 Å². The molecule has 0 aliphatic carbocycles. The zero-order valence-electron chi connectivity index (χ0n) is 12.2. The third kappa shape index (κ3) is 4.36. The summed E-state index contributed by atoms with van der Waals surface area (Å²) in [6.45, 7) is 1.74. The molecule has 2 rings (SSSR count). The maximum Gasteiger partial charge on any atom is 0.333 e. The van der Waals surface area contributed by atoms with Crippen molar-refractivity contribution in [2.24, 2.45) is 10.3 Å². The molecule has 2 heterocycles. The van der Waals surface area contributed by atoms with E-state index in [9.17, 15) is 21.9 Å². The van der Waals surface area contributed by atoms with E-state index < -0.39 is 63.7 Å². The topological polar surface area (TPSA) is 187 Å². The first kappa shape index (κ1) is 18.9. The van der Waals surface area contributed by atoms with Gasteiger partial charge in [-0.05, 0) is 13.8 Å². The molecule has 4 atom stereocenters. The lowest BCUT2D eigenvalue weighted by Crippen LogP contribution is -2.63. The van der Waals surface area contributed by atoms with Crippen LogP contribution in [0.4, 0.5) is 0 Å². The maximum absolute atomic E-state index is 11.3. The highest BCUT2D eigenvalue weighted by molar-refractivity contribution is 7.84. The zero-order valence-corrected chi connectivity index (χ0v) is 13.9. The average molecular weight is 378 g/mol. The molecular formula is C9H18N2O10S2. The Morgan fingerprint density at radius 1 is 1.17 bits per heavy atom. The largest absolute Gasteiger partial charge is 0.391 e. The molecule has 14 heteroatoms. The van der Waals surface area contributed by atoms with Crippen LogP contribution >= 0.6 is 0 Å². The van der Waals surface area contributed by atoms with E-state index in [-0.39, 0.29) is 0 Å². The number of aliphatic hydroxyl groups is 1. The lowest BCUT2D eigenvalue weighted by Gasteiger charge is -2.41. The Morgan fingerprint density at radius 2 is 1.74 bits per heavy atom. The summed E-state index contributed by atoms with van der Waals surface area (Å²) in [6.07, 6.45) is -4.40. The van der Waals surface area contributed by atoms with Crippen molar-refractivity contribution >= 4 is 20.6 Å². The van der Waals surface area contributed by atoms with E-state index in [0.29, 0.717) is 0 Å². The van der Waals surface area contributed by atoms with Gasteiger partial charge in [0.25, 0.3) is 0 Å². The summed E-state index contributed by atoms with van der Waals surface area (Å²) in [5, 5.41) is 19.2. The minimum Gasteiger partial charge on any atom is -0.391 e. The van der Waals surface area contributed by atoms with Gasteiger partial charge in [0.2, 0.25) is 5.79 Å². The van der Waals surface area contributed by atoms with E-state index in [2.05, 4.69) is 8.37 Å². The Labute approximate surface area is 133 Å². The Kier molecular flexibility index (Phi) is 4.80.